The summed E-state index contributed by atoms with van der Waals surface area (Å²) >= 11 is 0. The van der Waals surface area contributed by atoms with Gasteiger partial charge in [-0.2, -0.15) is 10.2 Å². The molecule has 0 radical (unpaired) electrons. The van der Waals surface area contributed by atoms with E-state index in [0.29, 0.717) is 25.3 Å². The molecule has 3 aliphatic rings. The molecule has 0 unspecified atom stereocenters. The first-order valence-electron chi connectivity index (χ1n) is 9.70. The molecule has 6 heteroatoms. The molecule has 0 aromatic carbocycles. The van der Waals surface area contributed by atoms with Crippen molar-refractivity contribution in [1.29, 1.82) is 0 Å². The molecule has 2 saturated heterocycles. The van der Waals surface area contributed by atoms with Crippen LogP contribution in [0, 0.1) is 12.3 Å². The van der Waals surface area contributed by atoms with Crippen molar-refractivity contribution in [2.75, 3.05) is 33.2 Å². The van der Waals surface area contributed by atoms with Gasteiger partial charge in [-0.05, 0) is 45.8 Å². The van der Waals surface area contributed by atoms with Gasteiger partial charge in [-0.25, -0.2) is 0 Å². The summed E-state index contributed by atoms with van der Waals surface area (Å²) in [7, 11) is 2.21. The van der Waals surface area contributed by atoms with Crippen LogP contribution in [-0.2, 0) is 4.79 Å². The lowest BCUT2D eigenvalue weighted by molar-refractivity contribution is -0.122. The standard InChI is InChI=1S/C19H31N5O/c1-3-4-10-19(21-22-19)11-5-18(25)20-16-6-14-24(15-7-16)17-8-12-23(2)13-9-17/h1,16-17H,4-15H2,2H3,(H,20,25). The summed E-state index contributed by atoms with van der Waals surface area (Å²) in [5.41, 5.74) is -0.346. The van der Waals surface area contributed by atoms with Gasteiger partial charge in [-0.1, -0.05) is 0 Å². The van der Waals surface area contributed by atoms with Crippen LogP contribution in [0.3, 0.4) is 0 Å². The molecule has 1 N–H and O–H groups in total. The number of likely N-dealkylation sites (tertiary alicyclic amines) is 2. The Morgan fingerprint density at radius 2 is 1.84 bits per heavy atom. The number of nitrogens with one attached hydrogen (secondary N) is 1. The molecule has 2 fully saturated rings. The van der Waals surface area contributed by atoms with Crippen LogP contribution >= 0.6 is 0 Å². The third kappa shape index (κ3) is 5.26. The van der Waals surface area contributed by atoms with Crippen molar-refractivity contribution in [3.05, 3.63) is 0 Å². The van der Waals surface area contributed by atoms with E-state index < -0.39 is 0 Å². The van der Waals surface area contributed by atoms with E-state index in [2.05, 4.69) is 38.3 Å². The summed E-state index contributed by atoms with van der Waals surface area (Å²) in [6.07, 6.45) is 12.6. The zero-order chi connectivity index (χ0) is 17.7. The summed E-state index contributed by atoms with van der Waals surface area (Å²) < 4.78 is 0. The highest BCUT2D eigenvalue weighted by Gasteiger charge is 2.39. The van der Waals surface area contributed by atoms with Gasteiger partial charge in [0.05, 0.1) is 0 Å². The number of piperidine rings is 2. The van der Waals surface area contributed by atoms with Crippen molar-refractivity contribution < 1.29 is 4.79 Å². The van der Waals surface area contributed by atoms with Gasteiger partial charge >= 0.3 is 0 Å². The minimum Gasteiger partial charge on any atom is -0.353 e. The SMILES string of the molecule is C#CCCC1(CCC(=O)NC2CCN(C3CCN(C)CC3)CC2)N=N1. The Labute approximate surface area is 151 Å². The molecule has 0 atom stereocenters. The molecule has 0 aromatic heterocycles. The first-order valence-corrected chi connectivity index (χ1v) is 9.70. The van der Waals surface area contributed by atoms with E-state index >= 15 is 0 Å². The van der Waals surface area contributed by atoms with Crippen LogP contribution in [0.15, 0.2) is 10.2 Å². The lowest BCUT2D eigenvalue weighted by Gasteiger charge is -2.41. The van der Waals surface area contributed by atoms with Gasteiger partial charge in [0.15, 0.2) is 5.66 Å². The van der Waals surface area contributed by atoms with Crippen molar-refractivity contribution in [2.24, 2.45) is 10.2 Å². The molecule has 0 spiro atoms. The average molecular weight is 345 g/mol. The number of carbonyl (C=O) groups excluding carboxylic acids is 1. The highest BCUT2D eigenvalue weighted by molar-refractivity contribution is 5.76. The summed E-state index contributed by atoms with van der Waals surface area (Å²) in [6, 6.07) is 1.06. The Kier molecular flexibility index (Phi) is 6.08. The summed E-state index contributed by atoms with van der Waals surface area (Å²) in [5.74, 6) is 2.76. The van der Waals surface area contributed by atoms with E-state index in [-0.39, 0.29) is 11.6 Å². The monoisotopic (exact) mass is 345 g/mol. The smallest absolute Gasteiger partial charge is 0.220 e. The predicted molar refractivity (Wildman–Crippen MR) is 98.1 cm³/mol. The van der Waals surface area contributed by atoms with Gasteiger partial charge in [0.2, 0.25) is 5.91 Å². The number of rotatable bonds is 7. The Morgan fingerprint density at radius 3 is 2.44 bits per heavy atom. The molecule has 0 bridgehead atoms. The minimum atomic E-state index is -0.346. The van der Waals surface area contributed by atoms with Crippen molar-refractivity contribution in [3.8, 4) is 12.3 Å². The number of terminal acetylenes is 1. The van der Waals surface area contributed by atoms with Crippen molar-refractivity contribution >= 4 is 5.91 Å². The third-order valence-electron chi connectivity index (χ3n) is 5.90. The van der Waals surface area contributed by atoms with Gasteiger partial charge in [0.1, 0.15) is 0 Å². The average Bonchev–Trinajstić information content (AvgIpc) is 3.40. The number of hydrogen-bond acceptors (Lipinski definition) is 5. The van der Waals surface area contributed by atoms with Crippen LogP contribution in [-0.4, -0.2) is 66.7 Å². The normalized spacial score (nSPS) is 24.8. The van der Waals surface area contributed by atoms with E-state index in [1.165, 1.54) is 25.9 Å². The minimum absolute atomic E-state index is 0.134. The maximum absolute atomic E-state index is 12.2. The fourth-order valence-corrected chi connectivity index (χ4v) is 4.05. The Morgan fingerprint density at radius 1 is 1.16 bits per heavy atom. The Hall–Kier alpha value is -1.45. The van der Waals surface area contributed by atoms with Crippen LogP contribution in [0.4, 0.5) is 0 Å². The topological polar surface area (TPSA) is 60.3 Å². The van der Waals surface area contributed by atoms with Gasteiger partial charge < -0.3 is 15.1 Å². The molecule has 3 aliphatic heterocycles. The lowest BCUT2D eigenvalue weighted by atomic mass is 9.97. The van der Waals surface area contributed by atoms with E-state index in [9.17, 15) is 4.79 Å². The molecule has 0 aromatic rings. The molecule has 138 valence electrons. The fourth-order valence-electron chi connectivity index (χ4n) is 4.05. The zero-order valence-corrected chi connectivity index (χ0v) is 15.4. The highest BCUT2D eigenvalue weighted by atomic mass is 16.1. The van der Waals surface area contributed by atoms with Gasteiger partial charge in [0.25, 0.3) is 0 Å². The van der Waals surface area contributed by atoms with Gasteiger partial charge in [0, 0.05) is 50.9 Å². The summed E-state index contributed by atoms with van der Waals surface area (Å²) in [4.78, 5) is 17.3. The van der Waals surface area contributed by atoms with Gasteiger partial charge in [-0.3, -0.25) is 4.79 Å². The maximum atomic E-state index is 12.2. The van der Waals surface area contributed by atoms with Crippen LogP contribution in [0.2, 0.25) is 0 Å². The number of hydrogen-bond donors (Lipinski definition) is 1. The second-order valence-electron chi connectivity index (χ2n) is 7.80. The van der Waals surface area contributed by atoms with Crippen LogP contribution in [0.1, 0.15) is 51.4 Å². The largest absolute Gasteiger partial charge is 0.353 e. The third-order valence-corrected chi connectivity index (χ3v) is 5.90. The van der Waals surface area contributed by atoms with Crippen LogP contribution in [0.25, 0.3) is 0 Å². The molecule has 3 heterocycles. The number of nitrogens with zero attached hydrogens (tertiary/aromatic N) is 4. The van der Waals surface area contributed by atoms with Crippen molar-refractivity contribution in [3.63, 3.8) is 0 Å². The Bertz CT molecular complexity index is 518. The molecule has 1 amide bonds. The molecule has 6 nitrogen and oxygen atoms in total. The molecule has 0 aliphatic carbocycles. The highest BCUT2D eigenvalue weighted by Crippen LogP contribution is 2.37. The van der Waals surface area contributed by atoms with E-state index in [1.807, 2.05) is 0 Å². The number of carbonyl (C=O) groups is 1. The fraction of sp³-hybridized carbons (Fsp3) is 0.842. The van der Waals surface area contributed by atoms with Crippen molar-refractivity contribution in [1.82, 2.24) is 15.1 Å². The molecular weight excluding hydrogens is 314 g/mol. The Balaban J connectivity index is 1.32. The quantitative estimate of drug-likeness (QED) is 0.718. The molecular formula is C19H31N5O. The first kappa shape index (κ1) is 18.3. The summed E-state index contributed by atoms with van der Waals surface area (Å²) in [5, 5.41) is 11.4. The predicted octanol–water partition coefficient (Wildman–Crippen LogP) is 2.02. The second-order valence-corrected chi connectivity index (χ2v) is 7.80. The molecule has 3 rings (SSSR count). The summed E-state index contributed by atoms with van der Waals surface area (Å²) in [6.45, 7) is 4.63. The van der Waals surface area contributed by atoms with E-state index in [1.54, 1.807) is 0 Å². The lowest BCUT2D eigenvalue weighted by Crippen LogP contribution is -2.50. The molecule has 0 saturated carbocycles. The van der Waals surface area contributed by atoms with Crippen LogP contribution < -0.4 is 5.32 Å². The first-order chi connectivity index (χ1) is 12.1. The van der Waals surface area contributed by atoms with Crippen molar-refractivity contribution in [2.45, 2.75) is 69.1 Å². The van der Waals surface area contributed by atoms with Crippen LogP contribution in [0.5, 0.6) is 0 Å². The maximum Gasteiger partial charge on any atom is 0.220 e. The number of amides is 1. The van der Waals surface area contributed by atoms with E-state index in [0.717, 1.165) is 38.4 Å². The zero-order valence-electron chi connectivity index (χ0n) is 15.4. The van der Waals surface area contributed by atoms with Gasteiger partial charge in [-0.15, -0.1) is 12.3 Å². The second kappa shape index (κ2) is 8.29. The molecule has 25 heavy (non-hydrogen) atoms. The van der Waals surface area contributed by atoms with E-state index in [4.69, 9.17) is 6.42 Å².